The quantitative estimate of drug-likeness (QED) is 0.0947. The first-order chi connectivity index (χ1) is 34.4. The van der Waals surface area contributed by atoms with Crippen LogP contribution < -0.4 is 4.90 Å². The van der Waals surface area contributed by atoms with Gasteiger partial charge in [-0.25, -0.2) is 0 Å². The molecular formula is C68H56N2. The largest absolute Gasteiger partial charge is 0.337 e. The lowest BCUT2D eigenvalue weighted by Crippen LogP contribution is -2.25. The Morgan fingerprint density at radius 3 is 2.43 bits per heavy atom. The maximum atomic E-state index is 4.12. The molecule has 4 aromatic carbocycles. The van der Waals surface area contributed by atoms with E-state index >= 15 is 0 Å². The van der Waals surface area contributed by atoms with Crippen LogP contribution in [0.4, 0.5) is 11.4 Å². The number of nitrogens with zero attached hydrogens (tertiary/aromatic N) is 2. The summed E-state index contributed by atoms with van der Waals surface area (Å²) in [6.07, 6.45) is 47.8. The van der Waals surface area contributed by atoms with Gasteiger partial charge in [-0.2, -0.15) is 0 Å². The van der Waals surface area contributed by atoms with Crippen LogP contribution >= 0.6 is 0 Å². The fourth-order valence-corrected chi connectivity index (χ4v) is 10.6. The number of rotatable bonds is 11. The standard InChI is InChI=1S/C68H56N2/c1-4-18-50(20-17-42-69-65-38-32-54(52-21-9-5-6-10-22-52)31-37-62(65)64-48-68(3,41-40-66(64)69)59-26-13-8-14-27-59)44-51-28-34-60(35-29-51)70-61-36-30-56(53-23-11-7-12-24-53)45-58(46-61)63-47-57(33-39-67(63)70)55-25-16-15-19-49(2)43-55/h4-9,11-15,17-18,20-36,38-41,43,45,47,49H,1,19,37,42,44,48H2,2-3H3/b20-17-,50-18+. The van der Waals surface area contributed by atoms with Crippen LogP contribution in [0.25, 0.3) is 28.9 Å². The Bertz CT molecular complexity index is 3460. The van der Waals surface area contributed by atoms with Crippen molar-refractivity contribution in [1.29, 1.82) is 0 Å². The van der Waals surface area contributed by atoms with E-state index in [1.165, 1.54) is 72.6 Å². The molecule has 1 aromatic heterocycles. The number of aromatic nitrogens is 1. The molecule has 338 valence electrons. The van der Waals surface area contributed by atoms with Gasteiger partial charge in [0.15, 0.2) is 0 Å². The fourth-order valence-electron chi connectivity index (χ4n) is 10.6. The summed E-state index contributed by atoms with van der Waals surface area (Å²) in [4.78, 5) is 2.35. The third-order valence-electron chi connectivity index (χ3n) is 14.3. The van der Waals surface area contributed by atoms with Gasteiger partial charge >= 0.3 is 0 Å². The van der Waals surface area contributed by atoms with Crippen LogP contribution in [0.3, 0.4) is 0 Å². The van der Waals surface area contributed by atoms with E-state index in [2.05, 4.69) is 254 Å². The van der Waals surface area contributed by atoms with E-state index in [1.54, 1.807) is 0 Å². The third-order valence-corrected chi connectivity index (χ3v) is 14.3. The minimum absolute atomic E-state index is 0.0853. The van der Waals surface area contributed by atoms with Crippen LogP contribution in [0.2, 0.25) is 0 Å². The van der Waals surface area contributed by atoms with Crippen molar-refractivity contribution < 1.29 is 0 Å². The summed E-state index contributed by atoms with van der Waals surface area (Å²) >= 11 is 0. The number of benzene rings is 4. The molecular weight excluding hydrogens is 845 g/mol. The van der Waals surface area contributed by atoms with Crippen molar-refractivity contribution in [2.45, 2.75) is 51.5 Å². The van der Waals surface area contributed by atoms with E-state index in [4.69, 9.17) is 0 Å². The summed E-state index contributed by atoms with van der Waals surface area (Å²) in [5.41, 5.74) is 32.4. The molecule has 6 aliphatic rings. The Balaban J connectivity index is 0.877. The highest BCUT2D eigenvalue weighted by atomic mass is 15.2. The fraction of sp³-hybridized carbons (Fsp3) is 0.132. The lowest BCUT2D eigenvalue weighted by Gasteiger charge is -2.31. The number of fused-ring (bicyclic) bond motifs is 5. The van der Waals surface area contributed by atoms with Crippen molar-refractivity contribution in [2.75, 3.05) is 4.90 Å². The van der Waals surface area contributed by atoms with Crippen molar-refractivity contribution in [1.82, 2.24) is 4.57 Å². The predicted octanol–water partition coefficient (Wildman–Crippen LogP) is 16.4. The van der Waals surface area contributed by atoms with Crippen molar-refractivity contribution in [3.8, 4) is 0 Å². The molecule has 1 aliphatic heterocycles. The molecule has 0 saturated heterocycles. The first-order valence-corrected chi connectivity index (χ1v) is 24.7. The smallest absolute Gasteiger partial charge is 0.0897 e. The number of anilines is 2. The molecule has 2 nitrogen and oxygen atoms in total. The maximum absolute atomic E-state index is 4.12. The molecule has 2 heteroatoms. The van der Waals surface area contributed by atoms with E-state index in [9.17, 15) is 0 Å². The first kappa shape index (κ1) is 44.2. The van der Waals surface area contributed by atoms with Crippen molar-refractivity contribution in [2.24, 2.45) is 5.92 Å². The zero-order chi connectivity index (χ0) is 47.4. The second-order valence-electron chi connectivity index (χ2n) is 19.2. The summed E-state index contributed by atoms with van der Waals surface area (Å²) in [6.45, 7) is 9.53. The van der Waals surface area contributed by atoms with Crippen LogP contribution in [0.1, 0.15) is 70.6 Å². The Morgan fingerprint density at radius 1 is 0.786 bits per heavy atom. The monoisotopic (exact) mass is 900 g/mol. The molecule has 0 saturated carbocycles. The molecule has 0 spiro atoms. The predicted molar refractivity (Wildman–Crippen MR) is 296 cm³/mol. The Kier molecular flexibility index (Phi) is 12.2. The van der Waals surface area contributed by atoms with E-state index < -0.39 is 0 Å². The number of allylic oxidation sites excluding steroid dienone is 21. The van der Waals surface area contributed by atoms with Crippen LogP contribution in [0, 0.1) is 5.92 Å². The molecule has 0 radical (unpaired) electrons. The molecule has 5 aromatic rings. The van der Waals surface area contributed by atoms with Gasteiger partial charge in [0.2, 0.25) is 0 Å². The second kappa shape index (κ2) is 19.3. The SMILES string of the molecule is C=C/C=C(\C=C/Cn1c2c(c3c1C=CC(C)(c1ccccc1)C3)CC=C(C1=CC=CC=C=C1)C=C2)Cc1ccc(N2C3=C=C(C=C(c4ccccc4)C=C3)c3cc(C4=CC(C)CC=C=C4)ccc32)cc1. The normalized spacial score (nSPS) is 19.7. The minimum atomic E-state index is -0.0853. The molecule has 5 aliphatic carbocycles. The van der Waals surface area contributed by atoms with Gasteiger partial charge in [-0.1, -0.05) is 178 Å². The molecule has 0 amide bonds. The van der Waals surface area contributed by atoms with E-state index in [-0.39, 0.29) is 5.41 Å². The molecule has 2 unspecified atom stereocenters. The van der Waals surface area contributed by atoms with Gasteiger partial charge in [-0.15, -0.1) is 11.5 Å². The summed E-state index contributed by atoms with van der Waals surface area (Å²) in [7, 11) is 0. The number of hydrogen-bond acceptors (Lipinski definition) is 1. The molecule has 2 atom stereocenters. The van der Waals surface area contributed by atoms with Gasteiger partial charge in [0.25, 0.3) is 0 Å². The average molecular weight is 901 g/mol. The first-order valence-electron chi connectivity index (χ1n) is 24.7. The Hall–Kier alpha value is -8.34. The zero-order valence-corrected chi connectivity index (χ0v) is 40.1. The van der Waals surface area contributed by atoms with Gasteiger partial charge in [-0.3, -0.25) is 0 Å². The van der Waals surface area contributed by atoms with Crippen LogP contribution in [-0.4, -0.2) is 4.57 Å². The van der Waals surface area contributed by atoms with E-state index in [0.717, 1.165) is 60.4 Å². The Labute approximate surface area is 414 Å². The highest BCUT2D eigenvalue weighted by Gasteiger charge is 2.33. The molecule has 11 rings (SSSR count). The zero-order valence-electron chi connectivity index (χ0n) is 40.1. The van der Waals surface area contributed by atoms with Gasteiger partial charge in [0.05, 0.1) is 11.4 Å². The molecule has 0 N–H and O–H groups in total. The lowest BCUT2D eigenvalue weighted by molar-refractivity contribution is 0.582. The van der Waals surface area contributed by atoms with Crippen LogP contribution in [-0.2, 0) is 31.2 Å². The Morgan fingerprint density at radius 2 is 1.59 bits per heavy atom. The van der Waals surface area contributed by atoms with Crippen molar-refractivity contribution >= 4 is 40.2 Å². The highest BCUT2D eigenvalue weighted by molar-refractivity contribution is 5.98. The lowest BCUT2D eigenvalue weighted by atomic mass is 9.73. The van der Waals surface area contributed by atoms with Crippen LogP contribution in [0.5, 0.6) is 0 Å². The molecule has 70 heavy (non-hydrogen) atoms. The summed E-state index contributed by atoms with van der Waals surface area (Å²) < 4.78 is 2.52. The van der Waals surface area contributed by atoms with Gasteiger partial charge in [-0.05, 0) is 166 Å². The topological polar surface area (TPSA) is 8.17 Å². The van der Waals surface area contributed by atoms with Crippen LogP contribution in [0.15, 0.2) is 259 Å². The summed E-state index contributed by atoms with van der Waals surface area (Å²) in [5.74, 6) is 0.448. The number of hydrogen-bond donors (Lipinski definition) is 0. The average Bonchev–Trinajstić information content (AvgIpc) is 3.84. The third kappa shape index (κ3) is 8.93. The summed E-state index contributed by atoms with van der Waals surface area (Å²) in [5, 5.41) is 0. The van der Waals surface area contributed by atoms with E-state index in [0.29, 0.717) is 5.92 Å². The van der Waals surface area contributed by atoms with E-state index in [1.807, 2.05) is 18.2 Å². The van der Waals surface area contributed by atoms with Gasteiger partial charge in [0.1, 0.15) is 0 Å². The second-order valence-corrected chi connectivity index (χ2v) is 19.2. The molecule has 0 fully saturated rings. The minimum Gasteiger partial charge on any atom is -0.337 e. The summed E-state index contributed by atoms with van der Waals surface area (Å²) in [6, 6.07) is 37.6. The van der Waals surface area contributed by atoms with Crippen molar-refractivity contribution in [3.05, 3.63) is 309 Å². The van der Waals surface area contributed by atoms with Gasteiger partial charge < -0.3 is 9.47 Å². The molecule has 2 bridgehead atoms. The van der Waals surface area contributed by atoms with Crippen molar-refractivity contribution in [3.63, 3.8) is 0 Å². The van der Waals surface area contributed by atoms with Gasteiger partial charge in [0, 0.05) is 40.2 Å². The maximum Gasteiger partial charge on any atom is 0.0897 e. The highest BCUT2D eigenvalue weighted by Crippen LogP contribution is 2.45. The molecule has 2 heterocycles.